The maximum absolute atomic E-state index is 12.7. The van der Waals surface area contributed by atoms with Crippen LogP contribution in [0.5, 0.6) is 0 Å². The Kier molecular flexibility index (Phi) is 4.51. The highest BCUT2D eigenvalue weighted by atomic mass is 19.1. The first-order valence-electron chi connectivity index (χ1n) is 3.76. The predicted octanol–water partition coefficient (Wildman–Crippen LogP) is 3.63. The van der Waals surface area contributed by atoms with Crippen LogP contribution in [0, 0.1) is 5.92 Å². The molecule has 0 saturated carbocycles. The van der Waals surface area contributed by atoms with Crippen LogP contribution in [0.1, 0.15) is 20.8 Å². The van der Waals surface area contributed by atoms with Crippen molar-refractivity contribution < 1.29 is 4.39 Å². The zero-order valence-corrected chi connectivity index (χ0v) is 7.39. The van der Waals surface area contributed by atoms with Gasteiger partial charge in [-0.2, -0.15) is 0 Å². The van der Waals surface area contributed by atoms with Crippen LogP contribution < -0.4 is 0 Å². The molecule has 0 heterocycles. The number of hydrogen-bond acceptors (Lipinski definition) is 0. The van der Waals surface area contributed by atoms with E-state index in [0.717, 1.165) is 5.57 Å². The molecule has 0 radical (unpaired) electrons. The standard InChI is InChI=1S/C10H15F/c1-5-6-10(11)7-9(4)8(2)3/h5-8H,4H2,1-3H3/b6-5-,10-7+. The maximum Gasteiger partial charge on any atom is 0.123 e. The zero-order chi connectivity index (χ0) is 8.85. The molecule has 0 aliphatic heterocycles. The highest BCUT2D eigenvalue weighted by Gasteiger charge is 1.96. The normalized spacial score (nSPS) is 13.0. The number of rotatable bonds is 3. The van der Waals surface area contributed by atoms with E-state index in [0.29, 0.717) is 5.92 Å². The van der Waals surface area contributed by atoms with Crippen molar-refractivity contribution in [3.63, 3.8) is 0 Å². The summed E-state index contributed by atoms with van der Waals surface area (Å²) in [5.41, 5.74) is 0.820. The first kappa shape index (κ1) is 10.2. The van der Waals surface area contributed by atoms with Gasteiger partial charge in [-0.05, 0) is 30.6 Å². The molecule has 0 fully saturated rings. The van der Waals surface area contributed by atoms with Crippen molar-refractivity contribution in [3.05, 3.63) is 36.2 Å². The monoisotopic (exact) mass is 154 g/mol. The van der Waals surface area contributed by atoms with E-state index >= 15 is 0 Å². The quantitative estimate of drug-likeness (QED) is 0.544. The summed E-state index contributed by atoms with van der Waals surface area (Å²) in [5.74, 6) is 0.0807. The maximum atomic E-state index is 12.7. The first-order chi connectivity index (χ1) is 5.07. The van der Waals surface area contributed by atoms with Gasteiger partial charge in [0.1, 0.15) is 5.83 Å². The van der Waals surface area contributed by atoms with Crippen LogP contribution >= 0.6 is 0 Å². The lowest BCUT2D eigenvalue weighted by Gasteiger charge is -2.01. The fourth-order valence-corrected chi connectivity index (χ4v) is 0.551. The number of hydrogen-bond donors (Lipinski definition) is 0. The van der Waals surface area contributed by atoms with E-state index in [1.165, 1.54) is 12.2 Å². The summed E-state index contributed by atoms with van der Waals surface area (Å²) in [5, 5.41) is 0. The Morgan fingerprint density at radius 3 is 2.36 bits per heavy atom. The third-order valence-corrected chi connectivity index (χ3v) is 1.39. The lowest BCUT2D eigenvalue weighted by atomic mass is 10.1. The van der Waals surface area contributed by atoms with Crippen LogP contribution in [-0.2, 0) is 0 Å². The molecule has 0 saturated heterocycles. The second-order valence-corrected chi connectivity index (χ2v) is 2.76. The minimum atomic E-state index is -0.230. The van der Waals surface area contributed by atoms with Gasteiger partial charge in [0.2, 0.25) is 0 Å². The average Bonchev–Trinajstić information content (AvgIpc) is 1.87. The second kappa shape index (κ2) is 4.89. The van der Waals surface area contributed by atoms with Gasteiger partial charge in [0.15, 0.2) is 0 Å². The van der Waals surface area contributed by atoms with Crippen molar-refractivity contribution in [3.8, 4) is 0 Å². The summed E-state index contributed by atoms with van der Waals surface area (Å²) in [6.07, 6.45) is 4.55. The smallest absolute Gasteiger partial charge is 0.123 e. The summed E-state index contributed by atoms with van der Waals surface area (Å²) >= 11 is 0. The number of allylic oxidation sites excluding steroid dienone is 5. The molecular formula is C10H15F. The fraction of sp³-hybridized carbons (Fsp3) is 0.400. The minimum absolute atomic E-state index is 0.230. The van der Waals surface area contributed by atoms with E-state index in [1.807, 2.05) is 13.8 Å². The van der Waals surface area contributed by atoms with E-state index < -0.39 is 0 Å². The van der Waals surface area contributed by atoms with Crippen molar-refractivity contribution in [2.75, 3.05) is 0 Å². The highest BCUT2D eigenvalue weighted by Crippen LogP contribution is 2.11. The van der Waals surface area contributed by atoms with Crippen LogP contribution in [0.15, 0.2) is 36.2 Å². The summed E-state index contributed by atoms with van der Waals surface area (Å²) in [4.78, 5) is 0. The molecule has 1 heteroatoms. The summed E-state index contributed by atoms with van der Waals surface area (Å²) in [7, 11) is 0. The number of halogens is 1. The molecule has 62 valence electrons. The second-order valence-electron chi connectivity index (χ2n) is 2.76. The van der Waals surface area contributed by atoms with Gasteiger partial charge in [0, 0.05) is 0 Å². The lowest BCUT2D eigenvalue weighted by Crippen LogP contribution is -1.87. The molecule has 0 rings (SSSR count). The van der Waals surface area contributed by atoms with Gasteiger partial charge < -0.3 is 0 Å². The Morgan fingerprint density at radius 2 is 2.00 bits per heavy atom. The van der Waals surface area contributed by atoms with Crippen molar-refractivity contribution >= 4 is 0 Å². The molecule has 0 bridgehead atoms. The molecule has 0 aromatic carbocycles. The Bertz CT molecular complexity index is 185. The minimum Gasteiger partial charge on any atom is -0.207 e. The molecule has 0 aliphatic rings. The molecule has 0 atom stereocenters. The highest BCUT2D eigenvalue weighted by molar-refractivity contribution is 5.24. The van der Waals surface area contributed by atoms with E-state index in [9.17, 15) is 4.39 Å². The van der Waals surface area contributed by atoms with Gasteiger partial charge in [-0.25, -0.2) is 4.39 Å². The average molecular weight is 154 g/mol. The molecule has 0 amide bonds. The van der Waals surface area contributed by atoms with Crippen molar-refractivity contribution in [1.29, 1.82) is 0 Å². The van der Waals surface area contributed by atoms with E-state index in [2.05, 4.69) is 6.58 Å². The molecule has 0 aliphatic carbocycles. The molecule has 0 aromatic heterocycles. The molecule has 0 aromatic rings. The van der Waals surface area contributed by atoms with Crippen LogP contribution in [0.2, 0.25) is 0 Å². The topological polar surface area (TPSA) is 0 Å². The summed E-state index contributed by atoms with van der Waals surface area (Å²) < 4.78 is 12.7. The van der Waals surface area contributed by atoms with Gasteiger partial charge in [0.25, 0.3) is 0 Å². The van der Waals surface area contributed by atoms with Gasteiger partial charge in [-0.1, -0.05) is 26.5 Å². The third-order valence-electron chi connectivity index (χ3n) is 1.39. The van der Waals surface area contributed by atoms with E-state index in [4.69, 9.17) is 0 Å². The van der Waals surface area contributed by atoms with Crippen LogP contribution in [0.3, 0.4) is 0 Å². The fourth-order valence-electron chi connectivity index (χ4n) is 0.551. The molecule has 0 nitrogen and oxygen atoms in total. The van der Waals surface area contributed by atoms with Gasteiger partial charge in [0.05, 0.1) is 0 Å². The Hall–Kier alpha value is -0.850. The molecule has 0 spiro atoms. The Morgan fingerprint density at radius 1 is 1.45 bits per heavy atom. The Balaban J connectivity index is 4.19. The summed E-state index contributed by atoms with van der Waals surface area (Å²) in [6.45, 7) is 9.49. The Labute approximate surface area is 68.1 Å². The van der Waals surface area contributed by atoms with Crippen LogP contribution in [0.4, 0.5) is 4.39 Å². The van der Waals surface area contributed by atoms with Gasteiger partial charge >= 0.3 is 0 Å². The SMILES string of the molecule is C=C(/C=C(F)\C=C/C)C(C)C. The molecule has 0 N–H and O–H groups in total. The van der Waals surface area contributed by atoms with Gasteiger partial charge in [-0.3, -0.25) is 0 Å². The third kappa shape index (κ3) is 4.54. The van der Waals surface area contributed by atoms with Crippen molar-refractivity contribution in [1.82, 2.24) is 0 Å². The van der Waals surface area contributed by atoms with Crippen molar-refractivity contribution in [2.45, 2.75) is 20.8 Å². The zero-order valence-electron chi connectivity index (χ0n) is 7.39. The summed E-state index contributed by atoms with van der Waals surface area (Å²) in [6, 6.07) is 0. The molecular weight excluding hydrogens is 139 g/mol. The van der Waals surface area contributed by atoms with E-state index in [1.54, 1.807) is 13.0 Å². The largest absolute Gasteiger partial charge is 0.207 e. The lowest BCUT2D eigenvalue weighted by molar-refractivity contribution is 0.660. The van der Waals surface area contributed by atoms with Crippen LogP contribution in [0.25, 0.3) is 0 Å². The van der Waals surface area contributed by atoms with Crippen LogP contribution in [-0.4, -0.2) is 0 Å². The molecule has 0 unspecified atom stereocenters. The van der Waals surface area contributed by atoms with Gasteiger partial charge in [-0.15, -0.1) is 0 Å². The van der Waals surface area contributed by atoms with E-state index in [-0.39, 0.29) is 5.83 Å². The predicted molar refractivity (Wildman–Crippen MR) is 48.0 cm³/mol. The first-order valence-corrected chi connectivity index (χ1v) is 3.76. The molecule has 11 heavy (non-hydrogen) atoms. The van der Waals surface area contributed by atoms with Crippen molar-refractivity contribution in [2.24, 2.45) is 5.92 Å².